The van der Waals surface area contributed by atoms with Gasteiger partial charge in [0, 0.05) is 12.3 Å². The van der Waals surface area contributed by atoms with Crippen molar-refractivity contribution < 1.29 is 4.79 Å². The highest BCUT2D eigenvalue weighted by atomic mass is 35.5. The molecule has 0 radical (unpaired) electrons. The third-order valence-corrected chi connectivity index (χ3v) is 4.07. The summed E-state index contributed by atoms with van der Waals surface area (Å²) in [5, 5.41) is 13.6. The van der Waals surface area contributed by atoms with Gasteiger partial charge in [0.1, 0.15) is 16.1 Å². The molecule has 24 heavy (non-hydrogen) atoms. The van der Waals surface area contributed by atoms with E-state index in [0.29, 0.717) is 37.1 Å². The van der Waals surface area contributed by atoms with Crippen LogP contribution >= 0.6 is 23.2 Å². The Balaban J connectivity index is 2.32. The number of carbonyl (C=O) groups is 1. The summed E-state index contributed by atoms with van der Waals surface area (Å²) in [6, 6.07) is 2.08. The first-order valence-electron chi connectivity index (χ1n) is 7.39. The molecule has 1 aromatic heterocycles. The Hall–Kier alpha value is -2.21. The van der Waals surface area contributed by atoms with Gasteiger partial charge >= 0.3 is 0 Å². The van der Waals surface area contributed by atoms with Gasteiger partial charge in [-0.05, 0) is 31.4 Å². The number of aryl methyl sites for hydroxylation is 1. The number of nitrogen functional groups attached to an aromatic ring is 1. The predicted molar refractivity (Wildman–Crippen MR) is 94.9 cm³/mol. The van der Waals surface area contributed by atoms with Crippen LogP contribution in [0.2, 0.25) is 0 Å². The molecule has 0 saturated heterocycles. The smallest absolute Gasteiger partial charge is 0.164 e. The molecule has 0 amide bonds. The molecule has 0 aliphatic heterocycles. The summed E-state index contributed by atoms with van der Waals surface area (Å²) in [6.45, 7) is 2.27. The summed E-state index contributed by atoms with van der Waals surface area (Å²) in [5.41, 5.74) is 7.50. The van der Waals surface area contributed by atoms with Crippen molar-refractivity contribution in [2.24, 2.45) is 5.92 Å². The first-order chi connectivity index (χ1) is 11.5. The number of nitrogens with two attached hydrogens (primary N) is 1. The number of halogens is 2. The van der Waals surface area contributed by atoms with Gasteiger partial charge in [0.05, 0.1) is 12.2 Å². The van der Waals surface area contributed by atoms with Gasteiger partial charge in [0.2, 0.25) is 0 Å². The van der Waals surface area contributed by atoms with E-state index in [9.17, 15) is 10.1 Å². The minimum Gasteiger partial charge on any atom is -0.381 e. The molecule has 1 aromatic rings. The van der Waals surface area contributed by atoms with Crippen LogP contribution in [0.4, 0.5) is 5.82 Å². The monoisotopic (exact) mass is 362 g/mol. The van der Waals surface area contributed by atoms with Crippen LogP contribution in [0.3, 0.4) is 0 Å². The highest BCUT2D eigenvalue weighted by molar-refractivity contribution is 6.55. The molecule has 1 heterocycles. The van der Waals surface area contributed by atoms with Crippen LogP contribution in [0.25, 0.3) is 5.57 Å². The number of aromatic nitrogens is 2. The molecule has 1 aliphatic carbocycles. The van der Waals surface area contributed by atoms with E-state index in [2.05, 4.69) is 23.0 Å². The summed E-state index contributed by atoms with van der Waals surface area (Å²) < 4.78 is 1.80. The number of allylic oxidation sites excluding steroid dienone is 3. The standard InChI is InChI=1S/C17H16Cl2N4O/c1-2-3-4-7-23-16(13(10-20)17(21)22-23)12-8-11(14(24)9-12)5-6-15(18)19/h6,9,11H,4-5,7-8H2,1H3,(H2,21,22). The summed E-state index contributed by atoms with van der Waals surface area (Å²) >= 11 is 11.2. The quantitative estimate of drug-likeness (QED) is 0.813. The van der Waals surface area contributed by atoms with Crippen molar-refractivity contribution in [3.8, 4) is 17.9 Å². The summed E-state index contributed by atoms with van der Waals surface area (Å²) in [5.74, 6) is 5.68. The molecule has 0 aromatic carbocycles. The van der Waals surface area contributed by atoms with Crippen molar-refractivity contribution in [3.63, 3.8) is 0 Å². The van der Waals surface area contributed by atoms with Crippen molar-refractivity contribution >= 4 is 40.4 Å². The van der Waals surface area contributed by atoms with Gasteiger partial charge in [-0.3, -0.25) is 9.48 Å². The largest absolute Gasteiger partial charge is 0.381 e. The normalized spacial score (nSPS) is 16.2. The molecule has 1 atom stereocenters. The zero-order valence-corrected chi connectivity index (χ0v) is 14.7. The zero-order valence-electron chi connectivity index (χ0n) is 13.1. The van der Waals surface area contributed by atoms with E-state index >= 15 is 0 Å². The van der Waals surface area contributed by atoms with E-state index in [-0.39, 0.29) is 22.0 Å². The van der Waals surface area contributed by atoms with Crippen LogP contribution in [-0.2, 0) is 11.3 Å². The first kappa shape index (κ1) is 18.1. The van der Waals surface area contributed by atoms with Crippen LogP contribution in [0.5, 0.6) is 0 Å². The maximum Gasteiger partial charge on any atom is 0.164 e. The third-order valence-electron chi connectivity index (χ3n) is 3.76. The van der Waals surface area contributed by atoms with Gasteiger partial charge in [0.15, 0.2) is 11.6 Å². The average Bonchev–Trinajstić information content (AvgIpc) is 3.05. The first-order valence-corrected chi connectivity index (χ1v) is 8.15. The fourth-order valence-electron chi connectivity index (χ4n) is 2.68. The molecule has 0 bridgehead atoms. The van der Waals surface area contributed by atoms with Gasteiger partial charge in [0.25, 0.3) is 0 Å². The fraction of sp³-hybridized carbons (Fsp3) is 0.353. The number of anilines is 1. The fourth-order valence-corrected chi connectivity index (χ4v) is 2.85. The minimum atomic E-state index is -0.237. The number of ketones is 1. The lowest BCUT2D eigenvalue weighted by molar-refractivity contribution is -0.117. The Labute approximate surface area is 150 Å². The zero-order chi connectivity index (χ0) is 17.7. The maximum absolute atomic E-state index is 12.2. The SMILES string of the molecule is CC#CCCn1nc(N)c(C#N)c1C1=CC(=O)C(CC=C(Cl)Cl)C1. The molecule has 0 spiro atoms. The third kappa shape index (κ3) is 4.00. The van der Waals surface area contributed by atoms with Crippen LogP contribution in [0.15, 0.2) is 16.6 Å². The molecule has 5 nitrogen and oxygen atoms in total. The van der Waals surface area contributed by atoms with Gasteiger partial charge in [-0.15, -0.1) is 11.8 Å². The Morgan fingerprint density at radius 3 is 2.96 bits per heavy atom. The number of nitrogens with zero attached hydrogens (tertiary/aromatic N) is 3. The lowest BCUT2D eigenvalue weighted by atomic mass is 9.98. The highest BCUT2D eigenvalue weighted by Crippen LogP contribution is 2.35. The van der Waals surface area contributed by atoms with E-state index in [1.54, 1.807) is 23.8 Å². The van der Waals surface area contributed by atoms with E-state index < -0.39 is 0 Å². The highest BCUT2D eigenvalue weighted by Gasteiger charge is 2.29. The molecular formula is C17H16Cl2N4O. The van der Waals surface area contributed by atoms with E-state index in [4.69, 9.17) is 28.9 Å². The molecule has 1 aliphatic rings. The Morgan fingerprint density at radius 2 is 2.33 bits per heavy atom. The van der Waals surface area contributed by atoms with Crippen molar-refractivity contribution in [2.45, 2.75) is 32.7 Å². The second kappa shape index (κ2) is 8.06. The van der Waals surface area contributed by atoms with Crippen LogP contribution in [0, 0.1) is 29.1 Å². The lowest BCUT2D eigenvalue weighted by Crippen LogP contribution is -2.07. The van der Waals surface area contributed by atoms with Gasteiger partial charge in [-0.1, -0.05) is 29.3 Å². The van der Waals surface area contributed by atoms with E-state index in [0.717, 1.165) is 5.57 Å². The Bertz CT molecular complexity index is 814. The summed E-state index contributed by atoms with van der Waals surface area (Å²) in [6.07, 6.45) is 4.70. The topological polar surface area (TPSA) is 84.7 Å². The van der Waals surface area contributed by atoms with E-state index in [1.165, 1.54) is 0 Å². The molecule has 2 N–H and O–H groups in total. The molecule has 2 rings (SSSR count). The number of carbonyl (C=O) groups excluding carboxylic acids is 1. The minimum absolute atomic E-state index is 0.0144. The molecular weight excluding hydrogens is 347 g/mol. The number of nitriles is 1. The van der Waals surface area contributed by atoms with E-state index in [1.807, 2.05) is 0 Å². The van der Waals surface area contributed by atoms with Crippen molar-refractivity contribution in [2.75, 3.05) is 5.73 Å². The maximum atomic E-state index is 12.2. The Morgan fingerprint density at radius 1 is 1.58 bits per heavy atom. The lowest BCUT2D eigenvalue weighted by Gasteiger charge is -2.09. The average molecular weight is 363 g/mol. The summed E-state index contributed by atoms with van der Waals surface area (Å²) in [7, 11) is 0. The van der Waals surface area contributed by atoms with Gasteiger partial charge in [-0.2, -0.15) is 10.4 Å². The second-order valence-electron chi connectivity index (χ2n) is 5.32. The second-order valence-corrected chi connectivity index (χ2v) is 6.33. The van der Waals surface area contributed by atoms with Gasteiger partial charge < -0.3 is 5.73 Å². The summed E-state index contributed by atoms with van der Waals surface area (Å²) in [4.78, 5) is 12.2. The van der Waals surface area contributed by atoms with Crippen molar-refractivity contribution in [1.29, 1.82) is 5.26 Å². The molecule has 124 valence electrons. The number of hydrogen-bond donors (Lipinski definition) is 1. The van der Waals surface area contributed by atoms with Gasteiger partial charge in [-0.25, -0.2) is 0 Å². The van der Waals surface area contributed by atoms with Crippen LogP contribution < -0.4 is 5.73 Å². The Kier molecular flexibility index (Phi) is 6.09. The number of rotatable bonds is 5. The molecule has 0 fully saturated rings. The van der Waals surface area contributed by atoms with Crippen molar-refractivity contribution in [1.82, 2.24) is 9.78 Å². The molecule has 7 heteroatoms. The van der Waals surface area contributed by atoms with Crippen LogP contribution in [0.1, 0.15) is 37.4 Å². The van der Waals surface area contributed by atoms with Crippen LogP contribution in [-0.4, -0.2) is 15.6 Å². The predicted octanol–water partition coefficient (Wildman–Crippen LogP) is 3.43. The molecule has 1 unspecified atom stereocenters. The number of hydrogen-bond acceptors (Lipinski definition) is 4. The van der Waals surface area contributed by atoms with Crippen molar-refractivity contribution in [3.05, 3.63) is 27.9 Å². The molecule has 0 saturated carbocycles.